The molecule has 0 aromatic carbocycles. The summed E-state index contributed by atoms with van der Waals surface area (Å²) in [5.41, 5.74) is 7.33. The van der Waals surface area contributed by atoms with E-state index >= 15 is 0 Å². The maximum atomic E-state index is 11.5. The number of nitrogens with zero attached hydrogens (tertiary/aromatic N) is 5. The molecule has 0 saturated heterocycles. The summed E-state index contributed by atoms with van der Waals surface area (Å²) < 4.78 is 3.63. The van der Waals surface area contributed by atoms with Crippen LogP contribution in [0.15, 0.2) is 24.1 Å². The van der Waals surface area contributed by atoms with Gasteiger partial charge in [-0.25, -0.2) is 14.6 Å². The maximum Gasteiger partial charge on any atom is 0.269 e. The third-order valence-electron chi connectivity index (χ3n) is 3.12. The zero-order valence-electron chi connectivity index (χ0n) is 9.65. The average Bonchev–Trinajstić information content (AvgIpc) is 3.06. The van der Waals surface area contributed by atoms with E-state index < -0.39 is 5.91 Å². The molecule has 7 nitrogen and oxygen atoms in total. The largest absolute Gasteiger partial charge is 0.364 e. The molecule has 0 aliphatic carbocycles. The van der Waals surface area contributed by atoms with Gasteiger partial charge in [0.1, 0.15) is 12.7 Å². The highest BCUT2D eigenvalue weighted by Gasteiger charge is 2.25. The van der Waals surface area contributed by atoms with Crippen LogP contribution in [0.5, 0.6) is 0 Å². The van der Waals surface area contributed by atoms with Crippen LogP contribution in [0, 0.1) is 0 Å². The van der Waals surface area contributed by atoms with Gasteiger partial charge in [-0.3, -0.25) is 9.36 Å². The second-order valence-electron chi connectivity index (χ2n) is 4.15. The van der Waals surface area contributed by atoms with Gasteiger partial charge in [0.25, 0.3) is 5.91 Å². The lowest BCUT2D eigenvalue weighted by molar-refractivity contribution is 0.0995. The molecule has 4 rings (SSSR count). The summed E-state index contributed by atoms with van der Waals surface area (Å²) in [6.07, 6.45) is 3.13. The van der Waals surface area contributed by atoms with Crippen LogP contribution in [0.2, 0.25) is 0 Å². The minimum atomic E-state index is -0.533. The number of carbonyl (C=O) groups is 1. The van der Waals surface area contributed by atoms with Crippen molar-refractivity contribution >= 4 is 17.2 Å². The first-order valence-corrected chi connectivity index (χ1v) is 6.45. The molecule has 3 aromatic heterocycles. The Kier molecular flexibility index (Phi) is 1.93. The molecular formula is C11H8N6OS. The molecule has 0 saturated carbocycles. The van der Waals surface area contributed by atoms with Crippen molar-refractivity contribution in [3.05, 3.63) is 35.5 Å². The summed E-state index contributed by atoms with van der Waals surface area (Å²) in [6.45, 7) is 0.426. The highest BCUT2D eigenvalue weighted by atomic mass is 32.1. The lowest BCUT2D eigenvalue weighted by Crippen LogP contribution is -2.16. The molecule has 4 heterocycles. The molecule has 3 aromatic rings. The summed E-state index contributed by atoms with van der Waals surface area (Å²) in [7, 11) is 0. The number of carbonyl (C=O) groups excluding carboxylic acids is 1. The molecule has 94 valence electrons. The van der Waals surface area contributed by atoms with Crippen LogP contribution in [0.25, 0.3) is 16.4 Å². The second-order valence-corrected chi connectivity index (χ2v) is 5.07. The van der Waals surface area contributed by atoms with Crippen LogP contribution in [-0.4, -0.2) is 30.2 Å². The Balaban J connectivity index is 2.08. The first-order valence-electron chi connectivity index (χ1n) is 5.58. The SMILES string of the molecule is NC(=O)c1ncn2c1Cn1ncnc1-c1sccc1-2. The lowest BCUT2D eigenvalue weighted by Gasteiger charge is -2.04. The highest BCUT2D eigenvalue weighted by molar-refractivity contribution is 7.14. The zero-order chi connectivity index (χ0) is 13.0. The quantitative estimate of drug-likeness (QED) is 0.551. The van der Waals surface area contributed by atoms with Crippen LogP contribution in [0.1, 0.15) is 16.2 Å². The number of hydrogen-bond acceptors (Lipinski definition) is 5. The van der Waals surface area contributed by atoms with E-state index in [-0.39, 0.29) is 5.69 Å². The van der Waals surface area contributed by atoms with Crippen molar-refractivity contribution in [1.82, 2.24) is 24.3 Å². The number of imidazole rings is 1. The molecule has 1 amide bonds. The van der Waals surface area contributed by atoms with Crippen molar-refractivity contribution in [2.75, 3.05) is 0 Å². The predicted molar refractivity (Wildman–Crippen MR) is 68.1 cm³/mol. The number of hydrogen-bond donors (Lipinski definition) is 1. The third kappa shape index (κ3) is 1.31. The van der Waals surface area contributed by atoms with E-state index in [0.29, 0.717) is 6.54 Å². The number of aromatic nitrogens is 5. The Bertz CT molecular complexity index is 798. The smallest absolute Gasteiger partial charge is 0.269 e. The Labute approximate surface area is 111 Å². The fourth-order valence-electron chi connectivity index (χ4n) is 2.30. The van der Waals surface area contributed by atoms with Crippen molar-refractivity contribution in [3.8, 4) is 16.4 Å². The summed E-state index contributed by atoms with van der Waals surface area (Å²) in [5.74, 6) is 0.262. The lowest BCUT2D eigenvalue weighted by atomic mass is 10.3. The molecular weight excluding hydrogens is 264 g/mol. The van der Waals surface area contributed by atoms with Crippen molar-refractivity contribution in [2.45, 2.75) is 6.54 Å². The van der Waals surface area contributed by atoms with E-state index in [4.69, 9.17) is 5.73 Å². The summed E-state index contributed by atoms with van der Waals surface area (Å²) >= 11 is 1.58. The Morgan fingerprint density at radius 2 is 2.32 bits per heavy atom. The number of fused-ring (bicyclic) bond motifs is 5. The molecule has 0 fully saturated rings. The molecule has 8 heteroatoms. The van der Waals surface area contributed by atoms with Crippen LogP contribution < -0.4 is 5.73 Å². The summed E-state index contributed by atoms with van der Waals surface area (Å²) in [5, 5.41) is 6.17. The molecule has 1 aliphatic heterocycles. The maximum absolute atomic E-state index is 11.5. The highest BCUT2D eigenvalue weighted by Crippen LogP contribution is 2.34. The number of nitrogens with two attached hydrogens (primary N) is 1. The monoisotopic (exact) mass is 272 g/mol. The normalized spacial score (nSPS) is 12.4. The standard InChI is InChI=1S/C11H8N6OS/c12-10(18)8-7-3-17-11(13-4-15-17)9-6(1-2-19-9)16(7)5-14-8/h1-2,4-5H,3H2,(H2,12,18). The van der Waals surface area contributed by atoms with E-state index in [1.54, 1.807) is 22.3 Å². The summed E-state index contributed by atoms with van der Waals surface area (Å²) in [6, 6.07) is 1.97. The predicted octanol–water partition coefficient (Wildman–Crippen LogP) is 0.653. The van der Waals surface area contributed by atoms with Crippen molar-refractivity contribution in [2.24, 2.45) is 5.73 Å². The fraction of sp³-hybridized carbons (Fsp3) is 0.0909. The zero-order valence-corrected chi connectivity index (χ0v) is 10.5. The molecule has 2 N–H and O–H groups in total. The van der Waals surface area contributed by atoms with Gasteiger partial charge in [0, 0.05) is 0 Å². The molecule has 1 aliphatic rings. The molecule has 0 spiro atoms. The van der Waals surface area contributed by atoms with Crippen LogP contribution in [0.4, 0.5) is 0 Å². The van der Waals surface area contributed by atoms with E-state index in [1.807, 2.05) is 16.0 Å². The average molecular weight is 272 g/mol. The third-order valence-corrected chi connectivity index (χ3v) is 4.02. The van der Waals surface area contributed by atoms with Crippen molar-refractivity contribution in [3.63, 3.8) is 0 Å². The first-order chi connectivity index (χ1) is 9.25. The Morgan fingerprint density at radius 1 is 1.42 bits per heavy atom. The topological polar surface area (TPSA) is 91.6 Å². The van der Waals surface area contributed by atoms with Crippen molar-refractivity contribution < 1.29 is 4.79 Å². The molecule has 19 heavy (non-hydrogen) atoms. The first kappa shape index (κ1) is 10.4. The number of primary amides is 1. The fourth-order valence-corrected chi connectivity index (χ4v) is 3.18. The summed E-state index contributed by atoms with van der Waals surface area (Å²) in [4.78, 5) is 20.8. The minimum Gasteiger partial charge on any atom is -0.364 e. The van der Waals surface area contributed by atoms with Gasteiger partial charge in [-0.15, -0.1) is 11.3 Å². The van der Waals surface area contributed by atoms with Gasteiger partial charge in [0.15, 0.2) is 11.5 Å². The number of rotatable bonds is 1. The Morgan fingerprint density at radius 3 is 3.16 bits per heavy atom. The van der Waals surface area contributed by atoms with Gasteiger partial charge in [0.05, 0.1) is 22.8 Å². The van der Waals surface area contributed by atoms with Gasteiger partial charge >= 0.3 is 0 Å². The molecule has 0 radical (unpaired) electrons. The van der Waals surface area contributed by atoms with E-state index in [0.717, 1.165) is 22.1 Å². The van der Waals surface area contributed by atoms with Crippen LogP contribution in [0.3, 0.4) is 0 Å². The second kappa shape index (κ2) is 3.51. The van der Waals surface area contributed by atoms with E-state index in [2.05, 4.69) is 15.1 Å². The van der Waals surface area contributed by atoms with Crippen LogP contribution in [-0.2, 0) is 6.54 Å². The molecule has 0 atom stereocenters. The van der Waals surface area contributed by atoms with Crippen LogP contribution >= 0.6 is 11.3 Å². The minimum absolute atomic E-state index is 0.278. The van der Waals surface area contributed by atoms with Gasteiger partial charge in [-0.05, 0) is 11.4 Å². The van der Waals surface area contributed by atoms with Gasteiger partial charge < -0.3 is 5.73 Å². The van der Waals surface area contributed by atoms with E-state index in [1.165, 1.54) is 6.33 Å². The number of thiophene rings is 1. The van der Waals surface area contributed by atoms with Gasteiger partial charge in [-0.1, -0.05) is 0 Å². The van der Waals surface area contributed by atoms with Gasteiger partial charge in [0.2, 0.25) is 0 Å². The molecule has 0 unspecified atom stereocenters. The Hall–Kier alpha value is -2.48. The molecule has 0 bridgehead atoms. The van der Waals surface area contributed by atoms with Crippen molar-refractivity contribution in [1.29, 1.82) is 0 Å². The van der Waals surface area contributed by atoms with Gasteiger partial charge in [-0.2, -0.15) is 5.10 Å². The van der Waals surface area contributed by atoms with E-state index in [9.17, 15) is 4.79 Å². The number of amides is 1.